The van der Waals surface area contributed by atoms with Crippen LogP contribution in [-0.4, -0.2) is 35.9 Å². The number of nitrogens with one attached hydrogen (secondary N) is 1. The molecular formula is C13H18N4O5S. The first-order valence-corrected chi connectivity index (χ1v) is 8.33. The zero-order chi connectivity index (χ0) is 17.4. The van der Waals surface area contributed by atoms with E-state index >= 15 is 0 Å². The standard InChI is InChI=1S/C13H18N4O5S/c1-6-21-13(18)10-7(2)14-17(5)12(10)16-23(19,20)11-8(3)15-22-9(11)4/h16H,6H2,1-5H3. The van der Waals surface area contributed by atoms with Crippen LogP contribution in [0.15, 0.2) is 9.42 Å². The van der Waals surface area contributed by atoms with E-state index in [1.54, 1.807) is 13.8 Å². The number of sulfonamides is 1. The first-order chi connectivity index (χ1) is 10.7. The van der Waals surface area contributed by atoms with Crippen LogP contribution in [-0.2, 0) is 21.8 Å². The Morgan fingerprint density at radius 1 is 1.30 bits per heavy atom. The fraction of sp³-hybridized carbons (Fsp3) is 0.462. The fourth-order valence-electron chi connectivity index (χ4n) is 2.26. The largest absolute Gasteiger partial charge is 0.462 e. The van der Waals surface area contributed by atoms with Crippen molar-refractivity contribution in [2.75, 3.05) is 11.3 Å². The lowest BCUT2D eigenvalue weighted by Gasteiger charge is -2.10. The van der Waals surface area contributed by atoms with Gasteiger partial charge in [-0.2, -0.15) is 5.10 Å². The van der Waals surface area contributed by atoms with Crippen molar-refractivity contribution in [1.82, 2.24) is 14.9 Å². The van der Waals surface area contributed by atoms with E-state index < -0.39 is 16.0 Å². The molecule has 0 saturated heterocycles. The number of aromatic nitrogens is 3. The van der Waals surface area contributed by atoms with Gasteiger partial charge in [-0.15, -0.1) is 0 Å². The molecule has 9 nitrogen and oxygen atoms in total. The highest BCUT2D eigenvalue weighted by molar-refractivity contribution is 7.92. The highest BCUT2D eigenvalue weighted by Gasteiger charge is 2.29. The van der Waals surface area contributed by atoms with Gasteiger partial charge in [-0.3, -0.25) is 9.40 Å². The molecule has 2 rings (SSSR count). The molecule has 0 spiro atoms. The smallest absolute Gasteiger partial charge is 0.343 e. The van der Waals surface area contributed by atoms with E-state index in [4.69, 9.17) is 9.26 Å². The molecule has 0 aliphatic heterocycles. The second kappa shape index (κ2) is 6.03. The molecule has 23 heavy (non-hydrogen) atoms. The molecule has 0 aliphatic rings. The van der Waals surface area contributed by atoms with Gasteiger partial charge in [0, 0.05) is 7.05 Å². The maximum atomic E-state index is 12.6. The molecule has 0 bridgehead atoms. The number of anilines is 1. The number of carbonyl (C=O) groups is 1. The summed E-state index contributed by atoms with van der Waals surface area (Å²) in [4.78, 5) is 12.0. The van der Waals surface area contributed by atoms with Crippen LogP contribution in [0.4, 0.5) is 5.82 Å². The second-order valence-corrected chi connectivity index (χ2v) is 6.53. The third kappa shape index (κ3) is 3.07. The maximum Gasteiger partial charge on any atom is 0.343 e. The topological polar surface area (TPSA) is 116 Å². The van der Waals surface area contributed by atoms with Crippen LogP contribution in [0.2, 0.25) is 0 Å². The Labute approximate surface area is 133 Å². The van der Waals surface area contributed by atoms with Gasteiger partial charge in [-0.25, -0.2) is 13.2 Å². The monoisotopic (exact) mass is 342 g/mol. The van der Waals surface area contributed by atoms with Gasteiger partial charge in [0.05, 0.1) is 12.3 Å². The highest BCUT2D eigenvalue weighted by Crippen LogP contribution is 2.26. The Hall–Kier alpha value is -2.36. The molecule has 2 aromatic rings. The predicted octanol–water partition coefficient (Wildman–Crippen LogP) is 1.31. The Morgan fingerprint density at radius 2 is 1.96 bits per heavy atom. The van der Waals surface area contributed by atoms with Crippen molar-refractivity contribution in [3.63, 3.8) is 0 Å². The zero-order valence-electron chi connectivity index (χ0n) is 13.5. The predicted molar refractivity (Wildman–Crippen MR) is 80.7 cm³/mol. The summed E-state index contributed by atoms with van der Waals surface area (Å²) < 4.78 is 38.7. The number of carbonyl (C=O) groups excluding carboxylic acids is 1. The quantitative estimate of drug-likeness (QED) is 0.814. The number of nitrogens with zero attached hydrogens (tertiary/aromatic N) is 3. The van der Waals surface area contributed by atoms with Gasteiger partial charge in [0.15, 0.2) is 16.5 Å². The molecule has 0 radical (unpaired) electrons. The minimum atomic E-state index is -3.99. The van der Waals surface area contributed by atoms with Gasteiger partial charge < -0.3 is 9.26 Å². The highest BCUT2D eigenvalue weighted by atomic mass is 32.2. The Balaban J connectivity index is 2.50. The number of esters is 1. The van der Waals surface area contributed by atoms with Gasteiger partial charge in [0.1, 0.15) is 11.3 Å². The zero-order valence-corrected chi connectivity index (χ0v) is 14.3. The van der Waals surface area contributed by atoms with E-state index in [-0.39, 0.29) is 34.3 Å². The Bertz CT molecular complexity index is 831. The van der Waals surface area contributed by atoms with Crippen molar-refractivity contribution in [1.29, 1.82) is 0 Å². The average molecular weight is 342 g/mol. The van der Waals surface area contributed by atoms with E-state index in [0.717, 1.165) is 0 Å². The first kappa shape index (κ1) is 17.0. The number of ether oxygens (including phenoxy) is 1. The van der Waals surface area contributed by atoms with Crippen molar-refractivity contribution >= 4 is 21.8 Å². The third-order valence-electron chi connectivity index (χ3n) is 3.17. The molecule has 0 atom stereocenters. The van der Waals surface area contributed by atoms with Gasteiger partial charge in [0.2, 0.25) is 0 Å². The van der Waals surface area contributed by atoms with Crippen LogP contribution in [0.3, 0.4) is 0 Å². The van der Waals surface area contributed by atoms with Gasteiger partial charge in [-0.05, 0) is 27.7 Å². The minimum absolute atomic E-state index is 0.0287. The summed E-state index contributed by atoms with van der Waals surface area (Å²) in [5.74, 6) is -0.456. The SMILES string of the molecule is CCOC(=O)c1c(C)nn(C)c1NS(=O)(=O)c1c(C)noc1C. The summed E-state index contributed by atoms with van der Waals surface area (Å²) >= 11 is 0. The van der Waals surface area contributed by atoms with E-state index in [1.807, 2.05) is 0 Å². The summed E-state index contributed by atoms with van der Waals surface area (Å²) in [6, 6.07) is 0. The molecule has 126 valence electrons. The Morgan fingerprint density at radius 3 is 2.48 bits per heavy atom. The lowest BCUT2D eigenvalue weighted by Crippen LogP contribution is -2.19. The van der Waals surface area contributed by atoms with Crippen molar-refractivity contribution in [2.45, 2.75) is 32.6 Å². The molecule has 0 amide bonds. The van der Waals surface area contributed by atoms with E-state index in [1.165, 1.54) is 25.6 Å². The van der Waals surface area contributed by atoms with Crippen molar-refractivity contribution < 1.29 is 22.5 Å². The molecule has 10 heteroatoms. The summed E-state index contributed by atoms with van der Waals surface area (Å²) in [7, 11) is -2.46. The van der Waals surface area contributed by atoms with Crippen LogP contribution >= 0.6 is 0 Å². The maximum absolute atomic E-state index is 12.6. The molecule has 0 aliphatic carbocycles. The molecule has 0 aromatic carbocycles. The first-order valence-electron chi connectivity index (χ1n) is 6.85. The van der Waals surface area contributed by atoms with Crippen molar-refractivity contribution in [3.8, 4) is 0 Å². The average Bonchev–Trinajstić information content (AvgIpc) is 2.90. The van der Waals surface area contributed by atoms with Crippen molar-refractivity contribution in [2.24, 2.45) is 7.05 Å². The van der Waals surface area contributed by atoms with E-state index in [9.17, 15) is 13.2 Å². The van der Waals surface area contributed by atoms with Gasteiger partial charge in [-0.1, -0.05) is 5.16 Å². The molecule has 0 fully saturated rings. The molecule has 2 aromatic heterocycles. The van der Waals surface area contributed by atoms with Crippen molar-refractivity contribution in [3.05, 3.63) is 22.7 Å². The van der Waals surface area contributed by atoms with Gasteiger partial charge in [0.25, 0.3) is 10.0 Å². The summed E-state index contributed by atoms with van der Waals surface area (Å²) in [5.41, 5.74) is 0.665. The van der Waals surface area contributed by atoms with E-state index in [2.05, 4.69) is 15.0 Å². The number of hydrogen-bond donors (Lipinski definition) is 1. The van der Waals surface area contributed by atoms with Crippen LogP contribution < -0.4 is 4.72 Å². The van der Waals surface area contributed by atoms with Crippen LogP contribution in [0, 0.1) is 20.8 Å². The minimum Gasteiger partial charge on any atom is -0.462 e. The molecule has 0 saturated carbocycles. The van der Waals surface area contributed by atoms with Crippen LogP contribution in [0.5, 0.6) is 0 Å². The third-order valence-corrected chi connectivity index (χ3v) is 4.75. The fourth-order valence-corrected chi connectivity index (χ4v) is 3.69. The lowest BCUT2D eigenvalue weighted by atomic mass is 10.2. The molecule has 2 heterocycles. The molecule has 1 N–H and O–H groups in total. The molecular weight excluding hydrogens is 324 g/mol. The normalized spacial score (nSPS) is 11.5. The van der Waals surface area contributed by atoms with Crippen LogP contribution in [0.25, 0.3) is 0 Å². The van der Waals surface area contributed by atoms with Crippen LogP contribution in [0.1, 0.15) is 34.4 Å². The number of aryl methyl sites for hydroxylation is 4. The molecule has 0 unspecified atom stereocenters. The number of rotatable bonds is 5. The van der Waals surface area contributed by atoms with E-state index in [0.29, 0.717) is 5.69 Å². The summed E-state index contributed by atoms with van der Waals surface area (Å²) in [6.45, 7) is 6.45. The number of hydrogen-bond acceptors (Lipinski definition) is 7. The Kier molecular flexibility index (Phi) is 4.46. The summed E-state index contributed by atoms with van der Waals surface area (Å²) in [6.07, 6.45) is 0. The summed E-state index contributed by atoms with van der Waals surface area (Å²) in [5, 5.41) is 7.70. The second-order valence-electron chi connectivity index (χ2n) is 4.91. The van der Waals surface area contributed by atoms with Gasteiger partial charge >= 0.3 is 5.97 Å². The lowest BCUT2D eigenvalue weighted by molar-refractivity contribution is 0.0526.